The lowest BCUT2D eigenvalue weighted by Gasteiger charge is -2.19. The molecule has 23 heavy (non-hydrogen) atoms. The monoisotopic (exact) mass is 335 g/mol. The van der Waals surface area contributed by atoms with Crippen molar-refractivity contribution < 1.29 is 14.1 Å². The van der Waals surface area contributed by atoms with E-state index >= 15 is 0 Å². The van der Waals surface area contributed by atoms with Gasteiger partial charge in [-0.1, -0.05) is 28.9 Å². The molecule has 1 aromatic carbocycles. The Balaban J connectivity index is 1.89. The summed E-state index contributed by atoms with van der Waals surface area (Å²) in [5.74, 6) is -0.0158. The third-order valence-electron chi connectivity index (χ3n) is 3.25. The zero-order valence-electron chi connectivity index (χ0n) is 13.0. The van der Waals surface area contributed by atoms with Crippen LogP contribution in [0.4, 0.5) is 0 Å². The van der Waals surface area contributed by atoms with Gasteiger partial charge in [0.2, 0.25) is 5.91 Å². The Morgan fingerprint density at radius 1 is 1.30 bits per heavy atom. The number of carbonyl (C=O) groups is 2. The van der Waals surface area contributed by atoms with Crippen molar-refractivity contribution in [3.63, 3.8) is 0 Å². The molecular weight excluding hydrogens is 318 g/mol. The minimum absolute atomic E-state index is 0.0329. The van der Waals surface area contributed by atoms with Crippen LogP contribution < -0.4 is 5.32 Å². The fraction of sp³-hybridized carbons (Fsp3) is 0.312. The van der Waals surface area contributed by atoms with Crippen LogP contribution in [-0.4, -0.2) is 35.0 Å². The average molecular weight is 336 g/mol. The first-order chi connectivity index (χ1) is 11.0. The molecule has 0 spiro atoms. The third kappa shape index (κ3) is 4.82. The molecule has 2 aromatic rings. The van der Waals surface area contributed by atoms with E-state index in [1.54, 1.807) is 32.0 Å². The Morgan fingerprint density at radius 3 is 2.57 bits per heavy atom. The number of nitrogens with one attached hydrogen (secondary N) is 1. The lowest BCUT2D eigenvalue weighted by Crippen LogP contribution is -2.40. The van der Waals surface area contributed by atoms with Gasteiger partial charge in [0.25, 0.3) is 5.91 Å². The van der Waals surface area contributed by atoms with Crippen molar-refractivity contribution in [1.82, 2.24) is 15.4 Å². The van der Waals surface area contributed by atoms with Gasteiger partial charge in [0.1, 0.15) is 5.76 Å². The molecule has 0 unspecified atom stereocenters. The summed E-state index contributed by atoms with van der Waals surface area (Å²) in [4.78, 5) is 25.7. The highest BCUT2D eigenvalue weighted by Gasteiger charge is 2.20. The van der Waals surface area contributed by atoms with E-state index in [-0.39, 0.29) is 24.1 Å². The molecular formula is C16H18ClN3O3. The van der Waals surface area contributed by atoms with Gasteiger partial charge < -0.3 is 14.7 Å². The Hall–Kier alpha value is -2.34. The second-order valence-electron chi connectivity index (χ2n) is 5.05. The molecule has 2 rings (SSSR count). The van der Waals surface area contributed by atoms with Crippen LogP contribution in [0.5, 0.6) is 0 Å². The van der Waals surface area contributed by atoms with Gasteiger partial charge in [-0.15, -0.1) is 0 Å². The molecule has 0 saturated carbocycles. The fourth-order valence-corrected chi connectivity index (χ4v) is 2.11. The molecule has 0 bridgehead atoms. The van der Waals surface area contributed by atoms with E-state index in [9.17, 15) is 9.59 Å². The highest BCUT2D eigenvalue weighted by Crippen LogP contribution is 2.09. The zero-order valence-corrected chi connectivity index (χ0v) is 13.8. The molecule has 1 N–H and O–H groups in total. The molecule has 0 aliphatic rings. The summed E-state index contributed by atoms with van der Waals surface area (Å²) in [5.41, 5.74) is 1.14. The zero-order chi connectivity index (χ0) is 16.8. The molecule has 0 fully saturated rings. The maximum atomic E-state index is 12.2. The SMILES string of the molecule is CCN(CC(=O)NCc1ccc(Cl)cc1)C(=O)c1cc(C)on1. The number of likely N-dealkylation sites (N-methyl/N-ethyl adjacent to an activating group) is 1. The second kappa shape index (κ2) is 7.78. The summed E-state index contributed by atoms with van der Waals surface area (Å²) in [6.45, 7) is 4.26. The number of amides is 2. The largest absolute Gasteiger partial charge is 0.361 e. The van der Waals surface area contributed by atoms with Gasteiger partial charge in [0.05, 0.1) is 6.54 Å². The van der Waals surface area contributed by atoms with E-state index in [4.69, 9.17) is 16.1 Å². The van der Waals surface area contributed by atoms with Crippen LogP contribution in [0.25, 0.3) is 0 Å². The topological polar surface area (TPSA) is 75.4 Å². The maximum Gasteiger partial charge on any atom is 0.276 e. The third-order valence-corrected chi connectivity index (χ3v) is 3.51. The number of hydrogen-bond donors (Lipinski definition) is 1. The Bertz CT molecular complexity index is 682. The van der Waals surface area contributed by atoms with Crippen molar-refractivity contribution in [1.29, 1.82) is 0 Å². The van der Waals surface area contributed by atoms with Crippen LogP contribution in [0.3, 0.4) is 0 Å². The molecule has 1 heterocycles. The highest BCUT2D eigenvalue weighted by molar-refractivity contribution is 6.30. The lowest BCUT2D eigenvalue weighted by molar-refractivity contribution is -0.121. The van der Waals surface area contributed by atoms with Crippen molar-refractivity contribution in [2.24, 2.45) is 0 Å². The number of aromatic nitrogens is 1. The van der Waals surface area contributed by atoms with E-state index in [1.165, 1.54) is 4.90 Å². The highest BCUT2D eigenvalue weighted by atomic mass is 35.5. The van der Waals surface area contributed by atoms with Gasteiger partial charge in [-0.25, -0.2) is 0 Å². The van der Waals surface area contributed by atoms with Crippen LogP contribution in [0.15, 0.2) is 34.9 Å². The first-order valence-corrected chi connectivity index (χ1v) is 7.61. The average Bonchev–Trinajstić information content (AvgIpc) is 2.98. The lowest BCUT2D eigenvalue weighted by atomic mass is 10.2. The van der Waals surface area contributed by atoms with Gasteiger partial charge in [0, 0.05) is 24.2 Å². The number of carbonyl (C=O) groups excluding carboxylic acids is 2. The van der Waals surface area contributed by atoms with Gasteiger partial charge >= 0.3 is 0 Å². The number of hydrogen-bond acceptors (Lipinski definition) is 4. The molecule has 7 heteroatoms. The van der Waals surface area contributed by atoms with Crippen LogP contribution in [0.2, 0.25) is 5.02 Å². The molecule has 122 valence electrons. The van der Waals surface area contributed by atoms with Crippen molar-refractivity contribution in [3.05, 3.63) is 52.4 Å². The summed E-state index contributed by atoms with van der Waals surface area (Å²) >= 11 is 5.81. The predicted octanol–water partition coefficient (Wildman–Crippen LogP) is 2.41. The van der Waals surface area contributed by atoms with Gasteiger partial charge in [0.15, 0.2) is 5.69 Å². The summed E-state index contributed by atoms with van der Waals surface area (Å²) in [6.07, 6.45) is 0. The molecule has 1 aromatic heterocycles. The maximum absolute atomic E-state index is 12.2. The van der Waals surface area contributed by atoms with Crippen molar-refractivity contribution in [2.75, 3.05) is 13.1 Å². The normalized spacial score (nSPS) is 10.4. The number of aryl methyl sites for hydroxylation is 1. The molecule has 0 radical (unpaired) electrons. The Kier molecular flexibility index (Phi) is 5.76. The smallest absolute Gasteiger partial charge is 0.276 e. The summed E-state index contributed by atoms with van der Waals surface area (Å²) in [6, 6.07) is 8.75. The Labute approximate surface area is 139 Å². The standard InChI is InChI=1S/C16H18ClN3O3/c1-3-20(16(22)14-8-11(2)23-19-14)10-15(21)18-9-12-4-6-13(17)7-5-12/h4-8H,3,9-10H2,1-2H3,(H,18,21). The summed E-state index contributed by atoms with van der Waals surface area (Å²) in [5, 5.41) is 7.10. The quantitative estimate of drug-likeness (QED) is 0.879. The van der Waals surface area contributed by atoms with Gasteiger partial charge in [-0.05, 0) is 31.5 Å². The molecule has 0 aliphatic heterocycles. The van der Waals surface area contributed by atoms with E-state index in [2.05, 4.69) is 10.5 Å². The number of halogens is 1. The number of benzene rings is 1. The van der Waals surface area contributed by atoms with Crippen LogP contribution >= 0.6 is 11.6 Å². The minimum atomic E-state index is -0.328. The van der Waals surface area contributed by atoms with E-state index in [1.807, 2.05) is 12.1 Å². The van der Waals surface area contributed by atoms with Crippen LogP contribution in [0.1, 0.15) is 28.7 Å². The Morgan fingerprint density at radius 2 is 2.00 bits per heavy atom. The summed E-state index contributed by atoms with van der Waals surface area (Å²) in [7, 11) is 0. The second-order valence-corrected chi connectivity index (χ2v) is 5.48. The predicted molar refractivity (Wildman–Crippen MR) is 86.1 cm³/mol. The molecule has 6 nitrogen and oxygen atoms in total. The van der Waals surface area contributed by atoms with Gasteiger partial charge in [-0.2, -0.15) is 0 Å². The number of rotatable bonds is 6. The van der Waals surface area contributed by atoms with Crippen molar-refractivity contribution in [3.8, 4) is 0 Å². The van der Waals surface area contributed by atoms with E-state index in [0.717, 1.165) is 5.56 Å². The van der Waals surface area contributed by atoms with Gasteiger partial charge in [-0.3, -0.25) is 9.59 Å². The molecule has 0 atom stereocenters. The molecule has 0 aliphatic carbocycles. The van der Waals surface area contributed by atoms with Crippen molar-refractivity contribution >= 4 is 23.4 Å². The van der Waals surface area contributed by atoms with Crippen molar-refractivity contribution in [2.45, 2.75) is 20.4 Å². The van der Waals surface area contributed by atoms with E-state index in [0.29, 0.717) is 23.9 Å². The van der Waals surface area contributed by atoms with Crippen LogP contribution in [0, 0.1) is 6.92 Å². The molecule has 0 saturated heterocycles. The fourth-order valence-electron chi connectivity index (χ4n) is 1.99. The first-order valence-electron chi connectivity index (χ1n) is 7.23. The number of nitrogens with zero attached hydrogens (tertiary/aromatic N) is 2. The first kappa shape index (κ1) is 17.0. The minimum Gasteiger partial charge on any atom is -0.361 e. The summed E-state index contributed by atoms with van der Waals surface area (Å²) < 4.78 is 4.89. The van der Waals surface area contributed by atoms with Crippen LogP contribution in [-0.2, 0) is 11.3 Å². The molecule has 2 amide bonds. The van der Waals surface area contributed by atoms with E-state index < -0.39 is 0 Å².